The van der Waals surface area contributed by atoms with Crippen molar-refractivity contribution < 1.29 is 4.74 Å². The Hall–Kier alpha value is -1.16. The number of aromatic nitrogens is 2. The van der Waals surface area contributed by atoms with Crippen LogP contribution in [0.4, 0.5) is 0 Å². The third-order valence-corrected chi connectivity index (χ3v) is 2.43. The number of benzene rings is 1. The zero-order chi connectivity index (χ0) is 9.26. The van der Waals surface area contributed by atoms with Crippen molar-refractivity contribution in [2.75, 3.05) is 7.11 Å². The number of hydrogen-bond acceptors (Lipinski definition) is 3. The van der Waals surface area contributed by atoms with E-state index in [4.69, 9.17) is 4.74 Å². The van der Waals surface area contributed by atoms with Crippen molar-refractivity contribution in [1.82, 2.24) is 10.2 Å². The van der Waals surface area contributed by atoms with E-state index in [1.165, 1.54) is 0 Å². The Morgan fingerprint density at radius 1 is 1.38 bits per heavy atom. The SMILES string of the molecule is COc1ccc2c(Br)cnnc2c1. The predicted octanol–water partition coefficient (Wildman–Crippen LogP) is 2.40. The van der Waals surface area contributed by atoms with Gasteiger partial charge in [0.15, 0.2) is 0 Å². The van der Waals surface area contributed by atoms with Crippen LogP contribution in [0, 0.1) is 0 Å². The molecule has 4 heteroatoms. The Bertz CT molecular complexity index is 445. The van der Waals surface area contributed by atoms with E-state index < -0.39 is 0 Å². The van der Waals surface area contributed by atoms with Gasteiger partial charge < -0.3 is 4.74 Å². The van der Waals surface area contributed by atoms with Crippen LogP contribution in [0.15, 0.2) is 28.9 Å². The first-order valence-electron chi connectivity index (χ1n) is 3.76. The van der Waals surface area contributed by atoms with Crippen molar-refractivity contribution in [3.05, 3.63) is 28.9 Å². The molecule has 0 N–H and O–H groups in total. The van der Waals surface area contributed by atoms with Gasteiger partial charge in [0.1, 0.15) is 5.75 Å². The van der Waals surface area contributed by atoms with Crippen LogP contribution in [0.2, 0.25) is 0 Å². The van der Waals surface area contributed by atoms with Crippen LogP contribution in [-0.4, -0.2) is 17.3 Å². The summed E-state index contributed by atoms with van der Waals surface area (Å²) in [7, 11) is 1.63. The Morgan fingerprint density at radius 2 is 2.23 bits per heavy atom. The van der Waals surface area contributed by atoms with Gasteiger partial charge in [-0.3, -0.25) is 0 Å². The summed E-state index contributed by atoms with van der Waals surface area (Å²) in [5.74, 6) is 0.792. The third-order valence-electron chi connectivity index (χ3n) is 1.80. The average Bonchev–Trinajstić information content (AvgIpc) is 2.18. The van der Waals surface area contributed by atoms with Crippen LogP contribution in [0.3, 0.4) is 0 Å². The predicted molar refractivity (Wildman–Crippen MR) is 53.8 cm³/mol. The van der Waals surface area contributed by atoms with E-state index >= 15 is 0 Å². The van der Waals surface area contributed by atoms with Crippen LogP contribution in [0.25, 0.3) is 10.9 Å². The van der Waals surface area contributed by atoms with Gasteiger partial charge in [0.25, 0.3) is 0 Å². The zero-order valence-corrected chi connectivity index (χ0v) is 8.58. The molecule has 0 bridgehead atoms. The molecule has 0 fully saturated rings. The normalized spacial score (nSPS) is 10.3. The van der Waals surface area contributed by atoms with Gasteiger partial charge >= 0.3 is 0 Å². The molecule has 0 saturated carbocycles. The summed E-state index contributed by atoms with van der Waals surface area (Å²) in [4.78, 5) is 0. The molecule has 1 heterocycles. The molecule has 0 radical (unpaired) electrons. The van der Waals surface area contributed by atoms with E-state index in [-0.39, 0.29) is 0 Å². The highest BCUT2D eigenvalue weighted by molar-refractivity contribution is 9.10. The van der Waals surface area contributed by atoms with Crippen molar-refractivity contribution >= 4 is 26.8 Å². The number of fused-ring (bicyclic) bond motifs is 1. The fraction of sp³-hybridized carbons (Fsp3) is 0.111. The Morgan fingerprint density at radius 3 is 3.00 bits per heavy atom. The summed E-state index contributed by atoms with van der Waals surface area (Å²) in [6.45, 7) is 0. The van der Waals surface area contributed by atoms with Gasteiger partial charge in [-0.15, -0.1) is 0 Å². The number of hydrogen-bond donors (Lipinski definition) is 0. The molecule has 2 aromatic rings. The standard InChI is InChI=1S/C9H7BrN2O/c1-13-6-2-3-7-8(10)5-11-12-9(7)4-6/h2-5H,1H3. The maximum Gasteiger partial charge on any atom is 0.121 e. The van der Waals surface area contributed by atoms with E-state index in [1.807, 2.05) is 18.2 Å². The molecule has 0 amide bonds. The van der Waals surface area contributed by atoms with E-state index in [0.717, 1.165) is 21.1 Å². The molecule has 0 aliphatic heterocycles. The van der Waals surface area contributed by atoms with Crippen LogP contribution < -0.4 is 4.74 Å². The Balaban J connectivity index is 2.72. The molecule has 2 rings (SSSR count). The quantitative estimate of drug-likeness (QED) is 0.766. The first kappa shape index (κ1) is 8.44. The molecule has 0 spiro atoms. The number of ether oxygens (including phenoxy) is 1. The monoisotopic (exact) mass is 238 g/mol. The van der Waals surface area contributed by atoms with Crippen LogP contribution in [-0.2, 0) is 0 Å². The molecule has 0 aliphatic rings. The number of rotatable bonds is 1. The first-order valence-corrected chi connectivity index (χ1v) is 4.55. The van der Waals surface area contributed by atoms with Crippen LogP contribution in [0.5, 0.6) is 5.75 Å². The molecule has 0 atom stereocenters. The van der Waals surface area contributed by atoms with Gasteiger partial charge in [-0.05, 0) is 28.1 Å². The van der Waals surface area contributed by atoms with E-state index in [0.29, 0.717) is 0 Å². The van der Waals surface area contributed by atoms with Crippen molar-refractivity contribution in [2.45, 2.75) is 0 Å². The summed E-state index contributed by atoms with van der Waals surface area (Å²) in [5.41, 5.74) is 0.828. The van der Waals surface area contributed by atoms with Gasteiger partial charge in [-0.2, -0.15) is 10.2 Å². The second-order valence-electron chi connectivity index (χ2n) is 2.58. The molecular weight excluding hydrogens is 232 g/mol. The van der Waals surface area contributed by atoms with Gasteiger partial charge in [-0.1, -0.05) is 0 Å². The van der Waals surface area contributed by atoms with Crippen molar-refractivity contribution in [1.29, 1.82) is 0 Å². The highest BCUT2D eigenvalue weighted by atomic mass is 79.9. The van der Waals surface area contributed by atoms with Crippen molar-refractivity contribution in [3.63, 3.8) is 0 Å². The lowest BCUT2D eigenvalue weighted by Crippen LogP contribution is -1.87. The highest BCUT2D eigenvalue weighted by Gasteiger charge is 2.00. The van der Waals surface area contributed by atoms with Gasteiger partial charge in [0.05, 0.1) is 18.8 Å². The van der Waals surface area contributed by atoms with Crippen molar-refractivity contribution in [3.8, 4) is 5.75 Å². The fourth-order valence-corrected chi connectivity index (χ4v) is 1.56. The highest BCUT2D eigenvalue weighted by Crippen LogP contribution is 2.24. The molecule has 3 nitrogen and oxygen atoms in total. The summed E-state index contributed by atoms with van der Waals surface area (Å²) in [6.07, 6.45) is 1.68. The molecular formula is C9H7BrN2O. The van der Waals surface area contributed by atoms with Gasteiger partial charge in [-0.25, -0.2) is 0 Å². The first-order chi connectivity index (χ1) is 6.31. The molecule has 0 aliphatic carbocycles. The van der Waals surface area contributed by atoms with Gasteiger partial charge in [0, 0.05) is 15.9 Å². The topological polar surface area (TPSA) is 35.0 Å². The lowest BCUT2D eigenvalue weighted by atomic mass is 10.2. The number of halogens is 1. The lowest BCUT2D eigenvalue weighted by molar-refractivity contribution is 0.415. The number of nitrogens with zero attached hydrogens (tertiary/aromatic N) is 2. The molecule has 0 unspecified atom stereocenters. The summed E-state index contributed by atoms with van der Waals surface area (Å²) >= 11 is 3.40. The van der Waals surface area contributed by atoms with Crippen molar-refractivity contribution in [2.24, 2.45) is 0 Å². The third kappa shape index (κ3) is 1.49. The number of methoxy groups -OCH3 is 1. The minimum Gasteiger partial charge on any atom is -0.497 e. The minimum absolute atomic E-state index is 0.792. The van der Waals surface area contributed by atoms with Gasteiger partial charge in [0.2, 0.25) is 0 Å². The summed E-state index contributed by atoms with van der Waals surface area (Å²) in [6, 6.07) is 5.70. The second-order valence-corrected chi connectivity index (χ2v) is 3.43. The average molecular weight is 239 g/mol. The fourth-order valence-electron chi connectivity index (χ4n) is 1.13. The molecule has 13 heavy (non-hydrogen) atoms. The van der Waals surface area contributed by atoms with E-state index in [9.17, 15) is 0 Å². The Kier molecular flexibility index (Phi) is 2.14. The van der Waals surface area contributed by atoms with Crippen LogP contribution >= 0.6 is 15.9 Å². The second kappa shape index (κ2) is 3.30. The lowest BCUT2D eigenvalue weighted by Gasteiger charge is -2.01. The Labute approximate surface area is 83.9 Å². The minimum atomic E-state index is 0.792. The molecule has 1 aromatic heterocycles. The zero-order valence-electron chi connectivity index (χ0n) is 6.99. The maximum absolute atomic E-state index is 5.08. The summed E-state index contributed by atoms with van der Waals surface area (Å²) in [5, 5.41) is 8.86. The maximum atomic E-state index is 5.08. The van der Waals surface area contributed by atoms with E-state index in [2.05, 4.69) is 26.1 Å². The largest absolute Gasteiger partial charge is 0.497 e. The van der Waals surface area contributed by atoms with E-state index in [1.54, 1.807) is 13.3 Å². The van der Waals surface area contributed by atoms with Crippen LogP contribution in [0.1, 0.15) is 0 Å². The smallest absolute Gasteiger partial charge is 0.121 e. The summed E-state index contributed by atoms with van der Waals surface area (Å²) < 4.78 is 6.02. The molecule has 0 saturated heterocycles. The molecule has 1 aromatic carbocycles. The molecule has 66 valence electrons.